The van der Waals surface area contributed by atoms with Crippen molar-refractivity contribution in [1.29, 1.82) is 0 Å². The highest BCUT2D eigenvalue weighted by Gasteiger charge is 2.09. The molecule has 3 nitrogen and oxygen atoms in total. The van der Waals surface area contributed by atoms with Gasteiger partial charge >= 0.3 is 0 Å². The summed E-state index contributed by atoms with van der Waals surface area (Å²) in [6.45, 7) is 2.45. The lowest BCUT2D eigenvalue weighted by atomic mass is 10.1. The highest BCUT2D eigenvalue weighted by Crippen LogP contribution is 2.05. The van der Waals surface area contributed by atoms with E-state index in [-0.39, 0.29) is 12.3 Å². The summed E-state index contributed by atoms with van der Waals surface area (Å²) in [6.07, 6.45) is 6.42. The maximum Gasteiger partial charge on any atom is 0.150 e. The first-order valence-electron chi connectivity index (χ1n) is 5.20. The Morgan fingerprint density at radius 1 is 1.23 bits per heavy atom. The molecule has 0 radical (unpaired) electrons. The molecule has 0 rings (SSSR count). The number of ketones is 1. The van der Waals surface area contributed by atoms with Crippen LogP contribution in [0.25, 0.3) is 0 Å². The highest BCUT2D eigenvalue weighted by atomic mass is 16.1. The Balaban J connectivity index is 3.27. The zero-order valence-corrected chi connectivity index (χ0v) is 8.59. The first-order valence-corrected chi connectivity index (χ1v) is 5.20. The lowest BCUT2D eigenvalue weighted by molar-refractivity contribution is -0.120. The maximum atomic E-state index is 11.2. The second-order valence-corrected chi connectivity index (χ2v) is 3.47. The van der Waals surface area contributed by atoms with Gasteiger partial charge in [0.25, 0.3) is 0 Å². The van der Waals surface area contributed by atoms with Crippen molar-refractivity contribution in [3.63, 3.8) is 0 Å². The molecule has 1 unspecified atom stereocenters. The third-order valence-corrected chi connectivity index (χ3v) is 2.19. The molecule has 0 amide bonds. The molecule has 3 heteroatoms. The molecule has 0 aliphatic heterocycles. The van der Waals surface area contributed by atoms with Crippen molar-refractivity contribution in [1.82, 2.24) is 0 Å². The van der Waals surface area contributed by atoms with E-state index in [1.54, 1.807) is 0 Å². The van der Waals surface area contributed by atoms with E-state index in [2.05, 4.69) is 6.92 Å². The Kier molecular flexibility index (Phi) is 7.94. The van der Waals surface area contributed by atoms with Gasteiger partial charge in [-0.15, -0.1) is 0 Å². The minimum Gasteiger partial charge on any atom is -0.328 e. The van der Waals surface area contributed by atoms with Crippen molar-refractivity contribution in [3.8, 4) is 0 Å². The smallest absolute Gasteiger partial charge is 0.150 e. The summed E-state index contributed by atoms with van der Waals surface area (Å²) >= 11 is 0. The van der Waals surface area contributed by atoms with Gasteiger partial charge in [0.15, 0.2) is 5.78 Å². The van der Waals surface area contributed by atoms with Crippen LogP contribution >= 0.6 is 0 Å². The lowest BCUT2D eigenvalue weighted by Crippen LogP contribution is -2.37. The largest absolute Gasteiger partial charge is 0.328 e. The van der Waals surface area contributed by atoms with Crippen LogP contribution in [0.4, 0.5) is 0 Å². The number of rotatable bonds is 8. The third-order valence-electron chi connectivity index (χ3n) is 2.19. The normalized spacial score (nSPS) is 12.8. The number of nitrogens with two attached hydrogens (primary N) is 2. The summed E-state index contributed by atoms with van der Waals surface area (Å²) in [5, 5.41) is 0. The topological polar surface area (TPSA) is 69.1 Å². The molecular formula is C10H22N2O. The molecule has 0 bridgehead atoms. The van der Waals surface area contributed by atoms with E-state index in [1.807, 2.05) is 0 Å². The van der Waals surface area contributed by atoms with Gasteiger partial charge in [0, 0.05) is 13.0 Å². The standard InChI is InChI=1S/C10H22N2O/c1-2-3-4-5-6-7-10(13)9(12)8-11/h9H,2-8,11-12H2,1H3. The quantitative estimate of drug-likeness (QED) is 0.560. The molecule has 1 atom stereocenters. The van der Waals surface area contributed by atoms with E-state index < -0.39 is 6.04 Å². The van der Waals surface area contributed by atoms with E-state index in [0.29, 0.717) is 6.42 Å². The highest BCUT2D eigenvalue weighted by molar-refractivity contribution is 5.83. The maximum absolute atomic E-state index is 11.2. The summed E-state index contributed by atoms with van der Waals surface area (Å²) in [7, 11) is 0. The summed E-state index contributed by atoms with van der Waals surface area (Å²) in [5.74, 6) is 0.110. The molecule has 0 saturated heterocycles. The monoisotopic (exact) mass is 186 g/mol. The molecule has 0 heterocycles. The minimum absolute atomic E-state index is 0.110. The fourth-order valence-electron chi connectivity index (χ4n) is 1.22. The molecular weight excluding hydrogens is 164 g/mol. The van der Waals surface area contributed by atoms with E-state index in [4.69, 9.17) is 11.5 Å². The fraction of sp³-hybridized carbons (Fsp3) is 0.900. The second kappa shape index (κ2) is 8.20. The van der Waals surface area contributed by atoms with Gasteiger partial charge in [-0.2, -0.15) is 0 Å². The van der Waals surface area contributed by atoms with Crippen LogP contribution in [0, 0.1) is 0 Å². The summed E-state index contributed by atoms with van der Waals surface area (Å²) in [6, 6.07) is -0.439. The number of hydrogen-bond acceptors (Lipinski definition) is 3. The van der Waals surface area contributed by atoms with Gasteiger partial charge in [0.1, 0.15) is 0 Å². The molecule has 0 aromatic carbocycles. The molecule has 0 spiro atoms. The number of unbranched alkanes of at least 4 members (excludes halogenated alkanes) is 4. The zero-order valence-electron chi connectivity index (χ0n) is 8.59. The zero-order chi connectivity index (χ0) is 10.1. The van der Waals surface area contributed by atoms with E-state index in [1.165, 1.54) is 19.3 Å². The Morgan fingerprint density at radius 2 is 1.85 bits per heavy atom. The Labute approximate surface area is 80.9 Å². The number of hydrogen-bond donors (Lipinski definition) is 2. The summed E-state index contributed by atoms with van der Waals surface area (Å²) < 4.78 is 0. The van der Waals surface area contributed by atoms with Crippen LogP contribution in [0.5, 0.6) is 0 Å². The Morgan fingerprint density at radius 3 is 2.38 bits per heavy atom. The Hall–Kier alpha value is -0.410. The first-order chi connectivity index (χ1) is 6.22. The van der Waals surface area contributed by atoms with Gasteiger partial charge in [0.2, 0.25) is 0 Å². The summed E-state index contributed by atoms with van der Waals surface area (Å²) in [4.78, 5) is 11.2. The van der Waals surface area contributed by atoms with Crippen molar-refractivity contribution in [2.75, 3.05) is 6.54 Å². The van der Waals surface area contributed by atoms with Crippen molar-refractivity contribution in [2.45, 2.75) is 51.5 Å². The molecule has 0 aliphatic carbocycles. The van der Waals surface area contributed by atoms with Crippen LogP contribution in [0.1, 0.15) is 45.4 Å². The molecule has 0 aromatic rings. The lowest BCUT2D eigenvalue weighted by Gasteiger charge is -2.06. The van der Waals surface area contributed by atoms with Crippen LogP contribution in [0.15, 0.2) is 0 Å². The molecule has 0 aromatic heterocycles. The Bertz CT molecular complexity index is 137. The number of Topliss-reactive ketones (excluding diaryl/α,β-unsaturated/α-hetero) is 1. The molecule has 0 saturated carbocycles. The predicted octanol–water partition coefficient (Wildman–Crippen LogP) is 1.20. The van der Waals surface area contributed by atoms with E-state index in [9.17, 15) is 4.79 Å². The molecule has 13 heavy (non-hydrogen) atoms. The van der Waals surface area contributed by atoms with Crippen LogP contribution < -0.4 is 11.5 Å². The van der Waals surface area contributed by atoms with Gasteiger partial charge in [-0.25, -0.2) is 0 Å². The average molecular weight is 186 g/mol. The van der Waals surface area contributed by atoms with Gasteiger partial charge in [-0.1, -0.05) is 32.6 Å². The number of carbonyl (C=O) groups is 1. The van der Waals surface area contributed by atoms with Gasteiger partial charge in [-0.05, 0) is 6.42 Å². The molecule has 0 fully saturated rings. The van der Waals surface area contributed by atoms with Crippen molar-refractivity contribution < 1.29 is 4.79 Å². The van der Waals surface area contributed by atoms with E-state index >= 15 is 0 Å². The van der Waals surface area contributed by atoms with Crippen LogP contribution in [-0.2, 0) is 4.79 Å². The average Bonchev–Trinajstić information content (AvgIpc) is 2.16. The van der Waals surface area contributed by atoms with Crippen molar-refractivity contribution >= 4 is 5.78 Å². The van der Waals surface area contributed by atoms with Crippen LogP contribution in [0.2, 0.25) is 0 Å². The SMILES string of the molecule is CCCCCCCC(=O)C(N)CN. The summed E-state index contributed by atoms with van der Waals surface area (Å²) in [5.41, 5.74) is 10.8. The first kappa shape index (κ1) is 12.6. The van der Waals surface area contributed by atoms with Crippen molar-refractivity contribution in [2.24, 2.45) is 11.5 Å². The van der Waals surface area contributed by atoms with Gasteiger partial charge < -0.3 is 11.5 Å². The molecule has 4 N–H and O–H groups in total. The fourth-order valence-corrected chi connectivity index (χ4v) is 1.22. The number of carbonyl (C=O) groups excluding carboxylic acids is 1. The van der Waals surface area contributed by atoms with Gasteiger partial charge in [0.05, 0.1) is 6.04 Å². The van der Waals surface area contributed by atoms with Gasteiger partial charge in [-0.3, -0.25) is 4.79 Å². The van der Waals surface area contributed by atoms with Crippen LogP contribution in [0.3, 0.4) is 0 Å². The second-order valence-electron chi connectivity index (χ2n) is 3.47. The van der Waals surface area contributed by atoms with E-state index in [0.717, 1.165) is 12.8 Å². The third kappa shape index (κ3) is 6.72. The van der Waals surface area contributed by atoms with Crippen molar-refractivity contribution in [3.05, 3.63) is 0 Å². The predicted molar refractivity (Wildman–Crippen MR) is 55.4 cm³/mol. The minimum atomic E-state index is -0.439. The molecule has 0 aliphatic rings. The van der Waals surface area contributed by atoms with Crippen LogP contribution in [-0.4, -0.2) is 18.4 Å². The molecule has 78 valence electrons.